The Labute approximate surface area is 180 Å². The second-order valence-electron chi connectivity index (χ2n) is 7.64. The Balaban J connectivity index is 1.57. The molecule has 0 aliphatic carbocycles. The molecule has 1 atom stereocenters. The molecule has 152 valence electrons. The fraction of sp³-hybridized carbons (Fsp3) is 0.292. The zero-order valence-electron chi connectivity index (χ0n) is 17.0. The summed E-state index contributed by atoms with van der Waals surface area (Å²) in [6.45, 7) is 2.88. The van der Waals surface area contributed by atoms with E-state index in [4.69, 9.17) is 19.7 Å². The first-order valence-electron chi connectivity index (χ1n) is 10.4. The van der Waals surface area contributed by atoms with Crippen molar-refractivity contribution in [2.45, 2.75) is 43.2 Å². The molecule has 4 aromatic rings. The lowest BCUT2D eigenvalue weighted by Gasteiger charge is -2.23. The maximum absolute atomic E-state index is 6.02. The SMILES string of the molecule is Cc1ccc(-c2nc(SCc3ccccc3)c3ncn(C4CCCCO4)c3n2)cc1. The average molecular weight is 417 g/mol. The van der Waals surface area contributed by atoms with Gasteiger partial charge in [0.15, 0.2) is 11.5 Å². The number of benzene rings is 2. The number of aryl methyl sites for hydroxylation is 1. The van der Waals surface area contributed by atoms with E-state index in [9.17, 15) is 0 Å². The van der Waals surface area contributed by atoms with Crippen LogP contribution in [-0.2, 0) is 10.5 Å². The minimum atomic E-state index is -0.00325. The Kier molecular flexibility index (Phi) is 5.51. The van der Waals surface area contributed by atoms with Gasteiger partial charge in [-0.25, -0.2) is 15.0 Å². The van der Waals surface area contributed by atoms with Crippen molar-refractivity contribution in [3.05, 3.63) is 72.1 Å². The minimum absolute atomic E-state index is 0.00325. The molecule has 0 N–H and O–H groups in total. The molecule has 0 spiro atoms. The van der Waals surface area contributed by atoms with Gasteiger partial charge >= 0.3 is 0 Å². The standard InChI is InChI=1S/C24H24N4OS/c1-17-10-12-19(13-11-17)22-26-23-21(25-16-28(23)20-9-5-6-14-29-20)24(27-22)30-15-18-7-3-2-4-8-18/h2-4,7-8,10-13,16,20H,5-6,9,14-15H2,1H3. The number of thioether (sulfide) groups is 1. The Bertz CT molecular complexity index is 1140. The molecule has 1 aliphatic rings. The van der Waals surface area contributed by atoms with Crippen LogP contribution in [-0.4, -0.2) is 26.1 Å². The predicted octanol–water partition coefficient (Wildman–Crippen LogP) is 5.79. The summed E-state index contributed by atoms with van der Waals surface area (Å²) < 4.78 is 8.10. The number of nitrogens with zero attached hydrogens (tertiary/aromatic N) is 4. The first-order chi connectivity index (χ1) is 14.8. The second-order valence-corrected chi connectivity index (χ2v) is 8.60. The number of rotatable bonds is 5. The number of imidazole rings is 1. The molecule has 1 saturated heterocycles. The van der Waals surface area contributed by atoms with E-state index in [0.29, 0.717) is 0 Å². The highest BCUT2D eigenvalue weighted by molar-refractivity contribution is 7.98. The number of hydrogen-bond donors (Lipinski definition) is 0. The zero-order valence-corrected chi connectivity index (χ0v) is 17.8. The van der Waals surface area contributed by atoms with Gasteiger partial charge in [-0.15, -0.1) is 0 Å². The molecule has 0 amide bonds. The third kappa shape index (κ3) is 3.98. The monoisotopic (exact) mass is 416 g/mol. The summed E-state index contributed by atoms with van der Waals surface area (Å²) >= 11 is 1.71. The Hall–Kier alpha value is -2.70. The summed E-state index contributed by atoms with van der Waals surface area (Å²) in [5.74, 6) is 1.57. The zero-order chi connectivity index (χ0) is 20.3. The van der Waals surface area contributed by atoms with E-state index in [0.717, 1.165) is 59.2 Å². The largest absolute Gasteiger partial charge is 0.358 e. The van der Waals surface area contributed by atoms with Gasteiger partial charge in [0.05, 0.1) is 6.33 Å². The van der Waals surface area contributed by atoms with E-state index < -0.39 is 0 Å². The quantitative estimate of drug-likeness (QED) is 0.304. The molecular formula is C24H24N4OS. The van der Waals surface area contributed by atoms with Gasteiger partial charge in [0, 0.05) is 17.9 Å². The Morgan fingerprint density at radius 1 is 1.03 bits per heavy atom. The molecule has 30 heavy (non-hydrogen) atoms. The van der Waals surface area contributed by atoms with Gasteiger partial charge in [-0.05, 0) is 31.7 Å². The summed E-state index contributed by atoms with van der Waals surface area (Å²) in [7, 11) is 0. The van der Waals surface area contributed by atoms with Gasteiger partial charge in [-0.3, -0.25) is 4.57 Å². The Morgan fingerprint density at radius 2 is 1.87 bits per heavy atom. The number of ether oxygens (including phenoxy) is 1. The van der Waals surface area contributed by atoms with E-state index in [1.807, 2.05) is 12.4 Å². The van der Waals surface area contributed by atoms with Gasteiger partial charge in [-0.1, -0.05) is 71.9 Å². The van der Waals surface area contributed by atoms with Crippen LogP contribution < -0.4 is 0 Å². The lowest BCUT2D eigenvalue weighted by atomic mass is 10.1. The molecular weight excluding hydrogens is 392 g/mol. The van der Waals surface area contributed by atoms with Crippen molar-refractivity contribution in [2.75, 3.05) is 6.61 Å². The Morgan fingerprint density at radius 3 is 2.63 bits per heavy atom. The van der Waals surface area contributed by atoms with Crippen molar-refractivity contribution in [1.82, 2.24) is 19.5 Å². The van der Waals surface area contributed by atoms with Crippen molar-refractivity contribution in [2.24, 2.45) is 0 Å². The molecule has 5 rings (SSSR count). The molecule has 2 aromatic carbocycles. The lowest BCUT2D eigenvalue weighted by Crippen LogP contribution is -2.17. The fourth-order valence-corrected chi connectivity index (χ4v) is 4.63. The summed E-state index contributed by atoms with van der Waals surface area (Å²) in [5.41, 5.74) is 5.20. The highest BCUT2D eigenvalue weighted by Crippen LogP contribution is 2.32. The number of hydrogen-bond acceptors (Lipinski definition) is 5. The van der Waals surface area contributed by atoms with E-state index in [2.05, 4.69) is 60.0 Å². The first-order valence-corrected chi connectivity index (χ1v) is 11.4. The van der Waals surface area contributed by atoms with Crippen molar-refractivity contribution in [3.63, 3.8) is 0 Å². The maximum Gasteiger partial charge on any atom is 0.167 e. The van der Waals surface area contributed by atoms with Crippen LogP contribution in [0.15, 0.2) is 66.0 Å². The highest BCUT2D eigenvalue weighted by atomic mass is 32.2. The summed E-state index contributed by atoms with van der Waals surface area (Å²) in [6, 6.07) is 18.8. The van der Waals surface area contributed by atoms with Crippen LogP contribution in [0.5, 0.6) is 0 Å². The van der Waals surface area contributed by atoms with Crippen LogP contribution in [0, 0.1) is 6.92 Å². The third-order valence-electron chi connectivity index (χ3n) is 5.38. The molecule has 1 aliphatic heterocycles. The van der Waals surface area contributed by atoms with Crippen LogP contribution >= 0.6 is 11.8 Å². The van der Waals surface area contributed by atoms with Crippen molar-refractivity contribution < 1.29 is 4.74 Å². The van der Waals surface area contributed by atoms with Crippen molar-refractivity contribution in [1.29, 1.82) is 0 Å². The first kappa shape index (κ1) is 19.3. The average Bonchev–Trinajstić information content (AvgIpc) is 3.23. The summed E-state index contributed by atoms with van der Waals surface area (Å²) in [5, 5.41) is 0.911. The topological polar surface area (TPSA) is 52.8 Å². The van der Waals surface area contributed by atoms with Crippen LogP contribution in [0.2, 0.25) is 0 Å². The van der Waals surface area contributed by atoms with Crippen LogP contribution in [0.4, 0.5) is 0 Å². The van der Waals surface area contributed by atoms with E-state index in [-0.39, 0.29) is 6.23 Å². The van der Waals surface area contributed by atoms with E-state index in [1.165, 1.54) is 11.1 Å². The number of fused-ring (bicyclic) bond motifs is 1. The van der Waals surface area contributed by atoms with Crippen molar-refractivity contribution in [3.8, 4) is 11.4 Å². The van der Waals surface area contributed by atoms with Gasteiger partial charge < -0.3 is 4.74 Å². The van der Waals surface area contributed by atoms with E-state index >= 15 is 0 Å². The minimum Gasteiger partial charge on any atom is -0.358 e. The van der Waals surface area contributed by atoms with Crippen LogP contribution in [0.25, 0.3) is 22.6 Å². The summed E-state index contributed by atoms with van der Waals surface area (Å²) in [4.78, 5) is 14.5. The smallest absolute Gasteiger partial charge is 0.167 e. The molecule has 0 radical (unpaired) electrons. The maximum atomic E-state index is 6.02. The van der Waals surface area contributed by atoms with Crippen molar-refractivity contribution >= 4 is 22.9 Å². The molecule has 3 heterocycles. The normalized spacial score (nSPS) is 16.8. The molecule has 1 fully saturated rings. The third-order valence-corrected chi connectivity index (χ3v) is 6.42. The summed E-state index contributed by atoms with van der Waals surface area (Å²) in [6.07, 6.45) is 5.13. The lowest BCUT2D eigenvalue weighted by molar-refractivity contribution is -0.0298. The fourth-order valence-electron chi connectivity index (χ4n) is 3.70. The van der Waals surface area contributed by atoms with Gasteiger partial charge in [0.25, 0.3) is 0 Å². The van der Waals surface area contributed by atoms with Gasteiger partial charge in [0.1, 0.15) is 16.8 Å². The van der Waals surface area contributed by atoms with Crippen LogP contribution in [0.1, 0.15) is 36.6 Å². The molecule has 0 saturated carbocycles. The molecule has 1 unspecified atom stereocenters. The van der Waals surface area contributed by atoms with E-state index in [1.54, 1.807) is 11.8 Å². The molecule has 0 bridgehead atoms. The molecule has 2 aromatic heterocycles. The van der Waals surface area contributed by atoms with Crippen LogP contribution in [0.3, 0.4) is 0 Å². The second kappa shape index (κ2) is 8.58. The number of aromatic nitrogens is 4. The highest BCUT2D eigenvalue weighted by Gasteiger charge is 2.22. The molecule has 5 nitrogen and oxygen atoms in total. The van der Waals surface area contributed by atoms with Gasteiger partial charge in [-0.2, -0.15) is 0 Å². The predicted molar refractivity (Wildman–Crippen MR) is 120 cm³/mol. The molecule has 6 heteroatoms. The van der Waals surface area contributed by atoms with Gasteiger partial charge in [0.2, 0.25) is 0 Å².